The van der Waals surface area contributed by atoms with Crippen LogP contribution >= 0.6 is 11.6 Å². The number of hydrogen-bond donors (Lipinski definition) is 0. The lowest BCUT2D eigenvalue weighted by Crippen LogP contribution is -1.92. The lowest BCUT2D eigenvalue weighted by atomic mass is 10.1. The molecule has 60 valence electrons. The van der Waals surface area contributed by atoms with Crippen molar-refractivity contribution in [2.45, 2.75) is 12.8 Å². The van der Waals surface area contributed by atoms with Gasteiger partial charge in [-0.3, -0.25) is 0 Å². The maximum absolute atomic E-state index is 12.9. The van der Waals surface area contributed by atoms with E-state index in [2.05, 4.69) is 0 Å². The van der Waals surface area contributed by atoms with Crippen LogP contribution in [0.5, 0.6) is 0 Å². The summed E-state index contributed by atoms with van der Waals surface area (Å²) >= 11 is 5.37. The Labute approximate surface area is 68.8 Å². The minimum Gasteiger partial charge on any atom is -0.207 e. The first-order chi connectivity index (χ1) is 5.15. The summed E-state index contributed by atoms with van der Waals surface area (Å²) in [7, 11) is 0. The van der Waals surface area contributed by atoms with Crippen molar-refractivity contribution >= 4 is 11.6 Å². The molecule has 0 saturated carbocycles. The minimum atomic E-state index is -0.445. The molecule has 0 bridgehead atoms. The van der Waals surface area contributed by atoms with Crippen LogP contribution in [0.15, 0.2) is 12.1 Å². The van der Waals surface area contributed by atoms with Crippen molar-refractivity contribution < 1.29 is 8.78 Å². The first-order valence-corrected chi connectivity index (χ1v) is 3.69. The summed E-state index contributed by atoms with van der Waals surface area (Å²) in [5, 5.41) is 0. The number of alkyl halides is 1. The van der Waals surface area contributed by atoms with Crippen molar-refractivity contribution in [3.05, 3.63) is 34.9 Å². The van der Waals surface area contributed by atoms with Crippen LogP contribution in [-0.4, -0.2) is 0 Å². The fourth-order valence-corrected chi connectivity index (χ4v) is 1.09. The largest absolute Gasteiger partial charge is 0.207 e. The normalized spacial score (nSPS) is 10.2. The second-order valence-electron chi connectivity index (χ2n) is 2.33. The Hall–Kier alpha value is -0.630. The molecule has 11 heavy (non-hydrogen) atoms. The molecule has 1 aromatic rings. The fraction of sp³-hybridized carbons (Fsp3) is 0.250. The van der Waals surface area contributed by atoms with Gasteiger partial charge < -0.3 is 0 Å². The highest BCUT2D eigenvalue weighted by Gasteiger charge is 2.05. The highest BCUT2D eigenvalue weighted by molar-refractivity contribution is 6.17. The molecule has 0 fully saturated rings. The molecular formula is C8H7ClF2. The molecule has 0 aromatic heterocycles. The van der Waals surface area contributed by atoms with E-state index in [9.17, 15) is 8.78 Å². The monoisotopic (exact) mass is 176 g/mol. The fourth-order valence-electron chi connectivity index (χ4n) is 0.892. The Morgan fingerprint density at radius 3 is 2.55 bits per heavy atom. The quantitative estimate of drug-likeness (QED) is 0.577. The standard InChI is InChI=1S/C8H7ClF2/c1-5-2-7(10)3-6(4-9)8(5)11/h2-3H,4H2,1H3. The van der Waals surface area contributed by atoms with Crippen LogP contribution in [0, 0.1) is 18.6 Å². The van der Waals surface area contributed by atoms with Gasteiger partial charge >= 0.3 is 0 Å². The molecule has 0 nitrogen and oxygen atoms in total. The van der Waals surface area contributed by atoms with E-state index in [1.165, 1.54) is 6.92 Å². The average Bonchev–Trinajstić information content (AvgIpc) is 1.96. The van der Waals surface area contributed by atoms with Crippen LogP contribution in [0.4, 0.5) is 8.78 Å². The van der Waals surface area contributed by atoms with Crippen LogP contribution in [0.1, 0.15) is 11.1 Å². The van der Waals surface area contributed by atoms with Gasteiger partial charge in [-0.1, -0.05) is 0 Å². The van der Waals surface area contributed by atoms with Gasteiger partial charge in [-0.25, -0.2) is 8.78 Å². The van der Waals surface area contributed by atoms with E-state index in [0.717, 1.165) is 12.1 Å². The third-order valence-electron chi connectivity index (χ3n) is 1.44. The molecule has 0 heterocycles. The maximum atomic E-state index is 12.9. The van der Waals surface area contributed by atoms with Crippen molar-refractivity contribution in [1.29, 1.82) is 0 Å². The Kier molecular flexibility index (Phi) is 2.45. The van der Waals surface area contributed by atoms with Crippen LogP contribution in [-0.2, 0) is 5.88 Å². The van der Waals surface area contributed by atoms with E-state index >= 15 is 0 Å². The van der Waals surface area contributed by atoms with E-state index in [1.807, 2.05) is 0 Å². The third-order valence-corrected chi connectivity index (χ3v) is 1.73. The second kappa shape index (κ2) is 3.18. The summed E-state index contributed by atoms with van der Waals surface area (Å²) in [4.78, 5) is 0. The zero-order valence-corrected chi connectivity index (χ0v) is 6.75. The molecule has 0 spiro atoms. The first kappa shape index (κ1) is 8.47. The average molecular weight is 177 g/mol. The van der Waals surface area contributed by atoms with Gasteiger partial charge in [0.15, 0.2) is 0 Å². The van der Waals surface area contributed by atoms with E-state index < -0.39 is 11.6 Å². The topological polar surface area (TPSA) is 0 Å². The molecule has 0 amide bonds. The van der Waals surface area contributed by atoms with Crippen LogP contribution < -0.4 is 0 Å². The highest BCUT2D eigenvalue weighted by atomic mass is 35.5. The van der Waals surface area contributed by atoms with Crippen LogP contribution in [0.3, 0.4) is 0 Å². The Bertz CT molecular complexity index is 271. The van der Waals surface area contributed by atoms with Gasteiger partial charge in [-0.2, -0.15) is 0 Å². The molecule has 0 saturated heterocycles. The molecule has 0 aliphatic heterocycles. The minimum absolute atomic E-state index is 0.00440. The molecule has 1 rings (SSSR count). The SMILES string of the molecule is Cc1cc(F)cc(CCl)c1F. The smallest absolute Gasteiger partial charge is 0.130 e. The summed E-state index contributed by atoms with van der Waals surface area (Å²) in [6, 6.07) is 2.25. The zero-order chi connectivity index (χ0) is 8.43. The summed E-state index contributed by atoms with van der Waals surface area (Å²) in [6.07, 6.45) is 0. The second-order valence-corrected chi connectivity index (χ2v) is 2.60. The molecule has 0 aliphatic carbocycles. The van der Waals surface area contributed by atoms with Gasteiger partial charge in [0, 0.05) is 5.56 Å². The van der Waals surface area contributed by atoms with E-state index in [4.69, 9.17) is 11.6 Å². The predicted octanol–water partition coefficient (Wildman–Crippen LogP) is 3.01. The van der Waals surface area contributed by atoms with Gasteiger partial charge in [-0.15, -0.1) is 11.6 Å². The zero-order valence-electron chi connectivity index (χ0n) is 6.00. The van der Waals surface area contributed by atoms with Gasteiger partial charge in [0.1, 0.15) is 11.6 Å². The van der Waals surface area contributed by atoms with Gasteiger partial charge in [0.2, 0.25) is 0 Å². The van der Waals surface area contributed by atoms with Crippen LogP contribution in [0.2, 0.25) is 0 Å². The molecule has 0 N–H and O–H groups in total. The Morgan fingerprint density at radius 1 is 1.36 bits per heavy atom. The number of benzene rings is 1. The van der Waals surface area contributed by atoms with E-state index in [1.54, 1.807) is 0 Å². The molecule has 0 unspecified atom stereocenters. The van der Waals surface area contributed by atoms with Crippen molar-refractivity contribution in [2.75, 3.05) is 0 Å². The van der Waals surface area contributed by atoms with Gasteiger partial charge in [-0.05, 0) is 24.6 Å². The van der Waals surface area contributed by atoms with Crippen molar-refractivity contribution in [3.63, 3.8) is 0 Å². The molecule has 0 radical (unpaired) electrons. The molecule has 0 atom stereocenters. The molecule has 0 aliphatic rings. The van der Waals surface area contributed by atoms with Gasteiger partial charge in [0.25, 0.3) is 0 Å². The van der Waals surface area contributed by atoms with Crippen molar-refractivity contribution in [1.82, 2.24) is 0 Å². The van der Waals surface area contributed by atoms with Crippen molar-refractivity contribution in [3.8, 4) is 0 Å². The Balaban J connectivity index is 3.24. The lowest BCUT2D eigenvalue weighted by Gasteiger charge is -2.01. The summed E-state index contributed by atoms with van der Waals surface area (Å²) in [6.45, 7) is 1.51. The Morgan fingerprint density at radius 2 is 2.00 bits per heavy atom. The highest BCUT2D eigenvalue weighted by Crippen LogP contribution is 2.16. The number of rotatable bonds is 1. The van der Waals surface area contributed by atoms with E-state index in [0.29, 0.717) is 5.56 Å². The van der Waals surface area contributed by atoms with Crippen LogP contribution in [0.25, 0.3) is 0 Å². The maximum Gasteiger partial charge on any atom is 0.130 e. The number of hydrogen-bond acceptors (Lipinski definition) is 0. The molecular weight excluding hydrogens is 170 g/mol. The number of aryl methyl sites for hydroxylation is 1. The molecule has 1 aromatic carbocycles. The van der Waals surface area contributed by atoms with Gasteiger partial charge in [0.05, 0.1) is 5.88 Å². The summed E-state index contributed by atoms with van der Waals surface area (Å²) < 4.78 is 25.5. The predicted molar refractivity (Wildman–Crippen MR) is 40.7 cm³/mol. The first-order valence-electron chi connectivity index (χ1n) is 3.15. The third kappa shape index (κ3) is 1.69. The lowest BCUT2D eigenvalue weighted by molar-refractivity contribution is 0.583. The summed E-state index contributed by atoms with van der Waals surface area (Å²) in [5.41, 5.74) is 0.504. The number of halogens is 3. The molecule has 3 heteroatoms. The van der Waals surface area contributed by atoms with E-state index in [-0.39, 0.29) is 11.4 Å². The summed E-state index contributed by atoms with van der Waals surface area (Å²) in [5.74, 6) is -0.856. The van der Waals surface area contributed by atoms with Crippen molar-refractivity contribution in [2.24, 2.45) is 0 Å².